The fourth-order valence-electron chi connectivity index (χ4n) is 2.01. The maximum Gasteiger partial charge on any atom is 0.153 e. The van der Waals surface area contributed by atoms with Gasteiger partial charge in [0.05, 0.1) is 29.2 Å². The minimum atomic E-state index is -0.0241. The number of aryl methyl sites for hydroxylation is 1. The van der Waals surface area contributed by atoms with Gasteiger partial charge in [-0.2, -0.15) is 0 Å². The Labute approximate surface area is 118 Å². The molecule has 0 aliphatic heterocycles. The van der Waals surface area contributed by atoms with Crippen LogP contribution in [0, 0.1) is 6.92 Å². The standard InChI is InChI=1S/C16H18N2O2/c1-10(2)20-16-12(9-19)6-11(3)7-14(16)15-5-4-13(17)8-18-15/h4-10H,17H2,1-3H3. The molecule has 0 aliphatic rings. The maximum absolute atomic E-state index is 11.3. The second-order valence-electron chi connectivity index (χ2n) is 4.99. The zero-order chi connectivity index (χ0) is 14.7. The topological polar surface area (TPSA) is 65.2 Å². The first-order chi connectivity index (χ1) is 9.51. The van der Waals surface area contributed by atoms with Crippen LogP contribution in [0.15, 0.2) is 30.5 Å². The molecule has 0 saturated heterocycles. The third-order valence-electron chi connectivity index (χ3n) is 2.80. The van der Waals surface area contributed by atoms with Crippen LogP contribution in [-0.4, -0.2) is 17.4 Å². The normalized spacial score (nSPS) is 10.6. The summed E-state index contributed by atoms with van der Waals surface area (Å²) in [6.45, 7) is 5.79. The number of carbonyl (C=O) groups excluding carboxylic acids is 1. The average molecular weight is 270 g/mol. The number of pyridine rings is 1. The van der Waals surface area contributed by atoms with Crippen LogP contribution in [-0.2, 0) is 0 Å². The van der Waals surface area contributed by atoms with Gasteiger partial charge in [0.15, 0.2) is 6.29 Å². The summed E-state index contributed by atoms with van der Waals surface area (Å²) in [5, 5.41) is 0. The van der Waals surface area contributed by atoms with Gasteiger partial charge in [-0.15, -0.1) is 0 Å². The van der Waals surface area contributed by atoms with E-state index in [2.05, 4.69) is 4.98 Å². The van der Waals surface area contributed by atoms with E-state index in [0.29, 0.717) is 17.0 Å². The van der Waals surface area contributed by atoms with E-state index < -0.39 is 0 Å². The number of carbonyl (C=O) groups is 1. The Balaban J connectivity index is 2.63. The van der Waals surface area contributed by atoms with Gasteiger partial charge in [-0.3, -0.25) is 9.78 Å². The minimum Gasteiger partial charge on any atom is -0.490 e. The smallest absolute Gasteiger partial charge is 0.153 e. The predicted octanol–water partition coefficient (Wildman–Crippen LogP) is 3.24. The fourth-order valence-corrected chi connectivity index (χ4v) is 2.01. The summed E-state index contributed by atoms with van der Waals surface area (Å²) in [4.78, 5) is 15.6. The Morgan fingerprint density at radius 3 is 2.60 bits per heavy atom. The van der Waals surface area contributed by atoms with Crippen LogP contribution in [0.2, 0.25) is 0 Å². The van der Waals surface area contributed by atoms with E-state index >= 15 is 0 Å². The van der Waals surface area contributed by atoms with E-state index in [1.165, 1.54) is 0 Å². The highest BCUT2D eigenvalue weighted by atomic mass is 16.5. The number of rotatable bonds is 4. The van der Waals surface area contributed by atoms with Gasteiger partial charge in [0.2, 0.25) is 0 Å². The Kier molecular flexibility index (Phi) is 4.03. The van der Waals surface area contributed by atoms with Gasteiger partial charge in [0, 0.05) is 5.56 Å². The number of nitrogen functional groups attached to an aromatic ring is 1. The summed E-state index contributed by atoms with van der Waals surface area (Å²) in [7, 11) is 0. The molecule has 0 radical (unpaired) electrons. The van der Waals surface area contributed by atoms with Gasteiger partial charge in [-0.05, 0) is 50.6 Å². The summed E-state index contributed by atoms with van der Waals surface area (Å²) in [6, 6.07) is 7.38. The van der Waals surface area contributed by atoms with Crippen LogP contribution in [0.5, 0.6) is 5.75 Å². The first-order valence-electron chi connectivity index (χ1n) is 6.49. The van der Waals surface area contributed by atoms with Gasteiger partial charge in [0.25, 0.3) is 0 Å². The first-order valence-corrected chi connectivity index (χ1v) is 6.49. The fraction of sp³-hybridized carbons (Fsp3) is 0.250. The van der Waals surface area contributed by atoms with Crippen molar-refractivity contribution in [1.82, 2.24) is 4.98 Å². The van der Waals surface area contributed by atoms with E-state index in [-0.39, 0.29) is 6.10 Å². The van der Waals surface area contributed by atoms with Crippen molar-refractivity contribution in [1.29, 1.82) is 0 Å². The van der Waals surface area contributed by atoms with Crippen molar-refractivity contribution < 1.29 is 9.53 Å². The van der Waals surface area contributed by atoms with Crippen molar-refractivity contribution in [2.24, 2.45) is 0 Å². The summed E-state index contributed by atoms with van der Waals surface area (Å²) >= 11 is 0. The van der Waals surface area contributed by atoms with Crippen molar-refractivity contribution in [3.05, 3.63) is 41.6 Å². The van der Waals surface area contributed by atoms with Gasteiger partial charge in [-0.25, -0.2) is 0 Å². The van der Waals surface area contributed by atoms with Gasteiger partial charge in [-0.1, -0.05) is 0 Å². The summed E-state index contributed by atoms with van der Waals surface area (Å²) in [6.07, 6.45) is 2.38. The number of aldehydes is 1. The maximum atomic E-state index is 11.3. The number of benzene rings is 1. The number of hydrogen-bond donors (Lipinski definition) is 1. The van der Waals surface area contributed by atoms with Crippen LogP contribution >= 0.6 is 0 Å². The molecule has 20 heavy (non-hydrogen) atoms. The van der Waals surface area contributed by atoms with E-state index in [1.54, 1.807) is 12.3 Å². The third-order valence-corrected chi connectivity index (χ3v) is 2.80. The number of nitrogens with zero attached hydrogens (tertiary/aromatic N) is 1. The monoisotopic (exact) mass is 270 g/mol. The molecule has 1 aromatic heterocycles. The van der Waals surface area contributed by atoms with Gasteiger partial charge < -0.3 is 10.5 Å². The molecule has 1 heterocycles. The Morgan fingerprint density at radius 1 is 1.30 bits per heavy atom. The minimum absolute atomic E-state index is 0.0241. The van der Waals surface area contributed by atoms with E-state index in [9.17, 15) is 4.79 Å². The Bertz CT molecular complexity index is 619. The van der Waals surface area contributed by atoms with Crippen molar-refractivity contribution in [2.45, 2.75) is 26.9 Å². The second kappa shape index (κ2) is 5.74. The third kappa shape index (κ3) is 2.96. The van der Waals surface area contributed by atoms with E-state index in [4.69, 9.17) is 10.5 Å². The molecular weight excluding hydrogens is 252 g/mol. The first kappa shape index (κ1) is 14.1. The van der Waals surface area contributed by atoms with Crippen LogP contribution in [0.3, 0.4) is 0 Å². The van der Waals surface area contributed by atoms with Crippen LogP contribution < -0.4 is 10.5 Å². The lowest BCUT2D eigenvalue weighted by Gasteiger charge is -2.17. The van der Waals surface area contributed by atoms with E-state index in [1.807, 2.05) is 39.0 Å². The molecule has 0 spiro atoms. The molecular formula is C16H18N2O2. The molecule has 4 heteroatoms. The molecule has 0 atom stereocenters. The van der Waals surface area contributed by atoms with Crippen LogP contribution in [0.25, 0.3) is 11.3 Å². The second-order valence-corrected chi connectivity index (χ2v) is 4.99. The number of aromatic nitrogens is 1. The van der Waals surface area contributed by atoms with Crippen LogP contribution in [0.1, 0.15) is 29.8 Å². The van der Waals surface area contributed by atoms with Crippen molar-refractivity contribution in [2.75, 3.05) is 5.73 Å². The zero-order valence-electron chi connectivity index (χ0n) is 11.9. The summed E-state index contributed by atoms with van der Waals surface area (Å²) < 4.78 is 5.80. The average Bonchev–Trinajstić information content (AvgIpc) is 2.40. The van der Waals surface area contributed by atoms with Crippen molar-refractivity contribution in [3.8, 4) is 17.0 Å². The molecule has 0 unspecified atom stereocenters. The highest BCUT2D eigenvalue weighted by molar-refractivity contribution is 5.86. The zero-order valence-corrected chi connectivity index (χ0v) is 11.9. The van der Waals surface area contributed by atoms with Crippen LogP contribution in [0.4, 0.5) is 5.69 Å². The lowest BCUT2D eigenvalue weighted by Crippen LogP contribution is -2.09. The number of nitrogens with two attached hydrogens (primary N) is 1. The molecule has 0 aliphatic carbocycles. The molecule has 0 fully saturated rings. The lowest BCUT2D eigenvalue weighted by atomic mass is 10.0. The SMILES string of the molecule is Cc1cc(C=O)c(OC(C)C)c(-c2ccc(N)cn2)c1. The van der Waals surface area contributed by atoms with Crippen molar-refractivity contribution >= 4 is 12.0 Å². The highest BCUT2D eigenvalue weighted by Crippen LogP contribution is 2.33. The highest BCUT2D eigenvalue weighted by Gasteiger charge is 2.15. The Hall–Kier alpha value is -2.36. The largest absolute Gasteiger partial charge is 0.490 e. The molecule has 0 bridgehead atoms. The Morgan fingerprint density at radius 2 is 2.05 bits per heavy atom. The molecule has 104 valence electrons. The quantitative estimate of drug-likeness (QED) is 0.866. The number of anilines is 1. The molecule has 2 aromatic rings. The predicted molar refractivity (Wildman–Crippen MR) is 80.0 cm³/mol. The molecule has 0 amide bonds. The molecule has 2 rings (SSSR count). The number of ether oxygens (including phenoxy) is 1. The summed E-state index contributed by atoms with van der Waals surface area (Å²) in [5.74, 6) is 0.567. The molecule has 4 nitrogen and oxygen atoms in total. The van der Waals surface area contributed by atoms with Gasteiger partial charge in [0.1, 0.15) is 5.75 Å². The van der Waals surface area contributed by atoms with E-state index in [0.717, 1.165) is 23.1 Å². The number of hydrogen-bond acceptors (Lipinski definition) is 4. The summed E-state index contributed by atoms with van der Waals surface area (Å²) in [5.41, 5.74) is 9.32. The van der Waals surface area contributed by atoms with Gasteiger partial charge >= 0.3 is 0 Å². The molecule has 0 saturated carbocycles. The molecule has 2 N–H and O–H groups in total. The lowest BCUT2D eigenvalue weighted by molar-refractivity contribution is 0.111. The van der Waals surface area contributed by atoms with Crippen molar-refractivity contribution in [3.63, 3.8) is 0 Å². The molecule has 1 aromatic carbocycles.